The Morgan fingerprint density at radius 1 is 1.33 bits per heavy atom. The van der Waals surface area contributed by atoms with E-state index in [0.29, 0.717) is 12.0 Å². The van der Waals surface area contributed by atoms with Gasteiger partial charge in [-0.25, -0.2) is 0 Å². The second kappa shape index (κ2) is 8.70. The lowest BCUT2D eigenvalue weighted by atomic mass is 9.67. The summed E-state index contributed by atoms with van der Waals surface area (Å²) in [5, 5.41) is 3.39. The van der Waals surface area contributed by atoms with Crippen molar-refractivity contribution in [3.05, 3.63) is 0 Å². The molecule has 6 nitrogen and oxygen atoms in total. The number of hydrogen-bond acceptors (Lipinski definition) is 4. The highest BCUT2D eigenvalue weighted by molar-refractivity contribution is 5.82. The Kier molecular flexibility index (Phi) is 6.90. The van der Waals surface area contributed by atoms with E-state index in [1.807, 2.05) is 0 Å². The second-order valence-electron chi connectivity index (χ2n) is 7.28. The van der Waals surface area contributed by atoms with Gasteiger partial charge < -0.3 is 19.7 Å². The monoisotopic (exact) mass is 339 g/mol. The Morgan fingerprint density at radius 2 is 2.08 bits per heavy atom. The number of guanidine groups is 1. The average Bonchev–Trinajstić information content (AvgIpc) is 2.93. The first-order chi connectivity index (χ1) is 11.5. The van der Waals surface area contributed by atoms with Gasteiger partial charge in [0.05, 0.1) is 13.0 Å². The van der Waals surface area contributed by atoms with Crippen molar-refractivity contribution in [2.24, 2.45) is 22.2 Å². The Hall–Kier alpha value is -1.30. The van der Waals surface area contributed by atoms with Crippen LogP contribution in [0, 0.1) is 17.3 Å². The summed E-state index contributed by atoms with van der Waals surface area (Å²) in [6, 6.07) is 0. The zero-order chi connectivity index (χ0) is 17.6. The second-order valence-corrected chi connectivity index (χ2v) is 7.28. The molecule has 0 aromatic rings. The Bertz CT molecular complexity index is 449. The Morgan fingerprint density at radius 3 is 2.62 bits per heavy atom. The largest absolute Gasteiger partial charge is 0.469 e. The molecule has 0 spiro atoms. The normalized spacial score (nSPS) is 26.2. The molecule has 0 aromatic carbocycles. The van der Waals surface area contributed by atoms with Crippen LogP contribution in [0.15, 0.2) is 4.99 Å². The number of esters is 1. The molecule has 0 bridgehead atoms. The van der Waals surface area contributed by atoms with Crippen LogP contribution < -0.4 is 5.32 Å². The predicted octanol–water partition coefficient (Wildman–Crippen LogP) is 1.90. The topological polar surface area (TPSA) is 63.2 Å². The molecule has 2 fully saturated rings. The fraction of sp³-hybridized carbons (Fsp3) is 0.889. The third-order valence-electron chi connectivity index (χ3n) is 5.57. The minimum Gasteiger partial charge on any atom is -0.469 e. The number of aliphatic imine (C=N–C) groups is 1. The van der Waals surface area contributed by atoms with Crippen molar-refractivity contribution in [3.63, 3.8) is 0 Å². The summed E-state index contributed by atoms with van der Waals surface area (Å²) in [4.78, 5) is 19.0. The molecule has 1 aliphatic carbocycles. The van der Waals surface area contributed by atoms with Crippen LogP contribution in [-0.2, 0) is 14.3 Å². The number of hydrogen-bond donors (Lipinski definition) is 1. The quantitative estimate of drug-likeness (QED) is 0.436. The van der Waals surface area contributed by atoms with Crippen molar-refractivity contribution in [3.8, 4) is 0 Å². The lowest BCUT2D eigenvalue weighted by molar-refractivity contribution is -0.145. The molecule has 0 amide bonds. The summed E-state index contributed by atoms with van der Waals surface area (Å²) in [5.41, 5.74) is 0.309. The van der Waals surface area contributed by atoms with Gasteiger partial charge in [-0.05, 0) is 37.5 Å². The fourth-order valence-corrected chi connectivity index (χ4v) is 3.75. The van der Waals surface area contributed by atoms with E-state index in [9.17, 15) is 4.79 Å². The zero-order valence-corrected chi connectivity index (χ0v) is 15.6. The number of ether oxygens (including phenoxy) is 2. The minimum atomic E-state index is -0.114. The van der Waals surface area contributed by atoms with Gasteiger partial charge in [-0.1, -0.05) is 13.3 Å². The molecule has 24 heavy (non-hydrogen) atoms. The van der Waals surface area contributed by atoms with Gasteiger partial charge in [0.15, 0.2) is 5.96 Å². The average molecular weight is 339 g/mol. The Labute approximate surface area is 146 Å². The third-order valence-corrected chi connectivity index (χ3v) is 5.57. The van der Waals surface area contributed by atoms with Gasteiger partial charge in [0.25, 0.3) is 0 Å². The van der Waals surface area contributed by atoms with E-state index in [1.165, 1.54) is 26.4 Å². The van der Waals surface area contributed by atoms with Gasteiger partial charge in [0.1, 0.15) is 0 Å². The van der Waals surface area contributed by atoms with Gasteiger partial charge >= 0.3 is 5.97 Å². The maximum absolute atomic E-state index is 11.9. The van der Waals surface area contributed by atoms with E-state index in [0.717, 1.165) is 38.6 Å². The van der Waals surface area contributed by atoms with Crippen LogP contribution >= 0.6 is 0 Å². The first-order valence-corrected chi connectivity index (χ1v) is 9.15. The maximum Gasteiger partial charge on any atom is 0.310 e. The zero-order valence-electron chi connectivity index (χ0n) is 15.6. The Balaban J connectivity index is 2.02. The van der Waals surface area contributed by atoms with E-state index >= 15 is 0 Å². The summed E-state index contributed by atoms with van der Waals surface area (Å²) >= 11 is 0. The van der Waals surface area contributed by atoms with Gasteiger partial charge in [-0.3, -0.25) is 9.79 Å². The predicted molar refractivity (Wildman–Crippen MR) is 95.0 cm³/mol. The van der Waals surface area contributed by atoms with Gasteiger partial charge in [0.2, 0.25) is 0 Å². The molecule has 6 heteroatoms. The first kappa shape index (κ1) is 19.0. The van der Waals surface area contributed by atoms with Gasteiger partial charge in [-0.15, -0.1) is 0 Å². The first-order valence-electron chi connectivity index (χ1n) is 9.15. The standard InChI is InChI=1S/C18H33N3O3/c1-5-19-17(20-13-18(7-6-8-18)9-10-23-3)21-11-14(2)15(12-21)16(22)24-4/h14-15H,5-13H2,1-4H3,(H,19,20). The molecular weight excluding hydrogens is 306 g/mol. The maximum atomic E-state index is 11.9. The molecule has 138 valence electrons. The highest BCUT2D eigenvalue weighted by atomic mass is 16.5. The summed E-state index contributed by atoms with van der Waals surface area (Å²) in [7, 11) is 3.23. The molecule has 1 heterocycles. The molecule has 0 radical (unpaired) electrons. The van der Waals surface area contributed by atoms with Gasteiger partial charge in [0, 0.05) is 39.9 Å². The molecule has 0 aromatic heterocycles. The van der Waals surface area contributed by atoms with Crippen molar-refractivity contribution in [2.75, 3.05) is 47.0 Å². The van der Waals surface area contributed by atoms with Crippen LogP contribution in [-0.4, -0.2) is 63.8 Å². The van der Waals surface area contributed by atoms with E-state index in [1.54, 1.807) is 7.11 Å². The van der Waals surface area contributed by atoms with Gasteiger partial charge in [-0.2, -0.15) is 0 Å². The van der Waals surface area contributed by atoms with E-state index < -0.39 is 0 Å². The van der Waals surface area contributed by atoms with Crippen LogP contribution in [0.4, 0.5) is 0 Å². The highest BCUT2D eigenvalue weighted by Gasteiger charge is 2.39. The number of nitrogens with one attached hydrogen (secondary N) is 1. The molecule has 1 saturated heterocycles. The summed E-state index contributed by atoms with van der Waals surface area (Å²) in [6.45, 7) is 8.19. The highest BCUT2D eigenvalue weighted by Crippen LogP contribution is 2.44. The summed E-state index contributed by atoms with van der Waals surface area (Å²) in [6.07, 6.45) is 4.84. The number of nitrogens with zero attached hydrogens (tertiary/aromatic N) is 2. The molecule has 2 aliphatic rings. The molecule has 1 N–H and O–H groups in total. The third kappa shape index (κ3) is 4.41. The van der Waals surface area contributed by atoms with E-state index in [4.69, 9.17) is 14.5 Å². The van der Waals surface area contributed by atoms with Crippen LogP contribution in [0.2, 0.25) is 0 Å². The lowest BCUT2D eigenvalue weighted by Crippen LogP contribution is -2.42. The number of carbonyl (C=O) groups excluding carboxylic acids is 1. The molecule has 2 unspecified atom stereocenters. The van der Waals surface area contributed by atoms with Crippen molar-refractivity contribution in [1.29, 1.82) is 0 Å². The van der Waals surface area contributed by atoms with Crippen molar-refractivity contribution in [2.45, 2.75) is 39.5 Å². The molecule has 2 atom stereocenters. The minimum absolute atomic E-state index is 0.0648. The molecule has 2 rings (SSSR count). The van der Waals surface area contributed by atoms with Crippen molar-refractivity contribution in [1.82, 2.24) is 10.2 Å². The van der Waals surface area contributed by atoms with Crippen molar-refractivity contribution >= 4 is 11.9 Å². The SMILES string of the molecule is CCNC(=NCC1(CCOC)CCC1)N1CC(C)C(C(=O)OC)C1. The van der Waals surface area contributed by atoms with Crippen molar-refractivity contribution < 1.29 is 14.3 Å². The molecule has 1 saturated carbocycles. The summed E-state index contributed by atoms with van der Waals surface area (Å²) in [5.74, 6) is 1.04. The van der Waals surface area contributed by atoms with Crippen LogP contribution in [0.25, 0.3) is 0 Å². The fourth-order valence-electron chi connectivity index (χ4n) is 3.75. The van der Waals surface area contributed by atoms with Crippen LogP contribution in [0.5, 0.6) is 0 Å². The smallest absolute Gasteiger partial charge is 0.310 e. The number of methoxy groups -OCH3 is 2. The molecule has 1 aliphatic heterocycles. The van der Waals surface area contributed by atoms with E-state index in [2.05, 4.69) is 24.1 Å². The lowest BCUT2D eigenvalue weighted by Gasteiger charge is -2.41. The number of likely N-dealkylation sites (tertiary alicyclic amines) is 1. The van der Waals surface area contributed by atoms with Crippen LogP contribution in [0.1, 0.15) is 39.5 Å². The summed E-state index contributed by atoms with van der Waals surface area (Å²) < 4.78 is 10.2. The van der Waals surface area contributed by atoms with E-state index in [-0.39, 0.29) is 17.8 Å². The number of carbonyl (C=O) groups is 1. The number of rotatable bonds is 7. The molecular formula is C18H33N3O3. The van der Waals surface area contributed by atoms with Crippen LogP contribution in [0.3, 0.4) is 0 Å².